The van der Waals surface area contributed by atoms with Gasteiger partial charge in [-0.15, -0.1) is 0 Å². The number of alkyl halides is 3. The van der Waals surface area contributed by atoms with Gasteiger partial charge in [0, 0.05) is 17.4 Å². The number of H-pyrrole nitrogens is 1. The number of carbonyl (C=O) groups excluding carboxylic acids is 1. The minimum atomic E-state index is -4.71. The number of aromatic amines is 1. The molecule has 3 aromatic rings. The number of rotatable bonds is 7. The highest BCUT2D eigenvalue weighted by molar-refractivity contribution is 6.32. The van der Waals surface area contributed by atoms with Gasteiger partial charge in [0.15, 0.2) is 16.5 Å². The average molecular weight is 539 g/mol. The molecule has 1 aromatic carbocycles. The third-order valence-electron chi connectivity index (χ3n) is 5.28. The summed E-state index contributed by atoms with van der Waals surface area (Å²) in [5.41, 5.74) is -1.35. The molecule has 3 N–H and O–H groups in total. The van der Waals surface area contributed by atoms with Crippen LogP contribution in [0.5, 0.6) is 11.5 Å². The van der Waals surface area contributed by atoms with Crippen molar-refractivity contribution in [1.29, 1.82) is 0 Å². The highest BCUT2D eigenvalue weighted by Crippen LogP contribution is 2.40. The van der Waals surface area contributed by atoms with Crippen molar-refractivity contribution in [3.8, 4) is 22.8 Å². The zero-order valence-electron chi connectivity index (χ0n) is 19.7. The smallest absolute Gasteiger partial charge is 0.420 e. The normalized spacial score (nSPS) is 14.4. The van der Waals surface area contributed by atoms with Gasteiger partial charge in [0.05, 0.1) is 36.8 Å². The van der Waals surface area contributed by atoms with E-state index in [2.05, 4.69) is 20.6 Å². The fraction of sp³-hybridized carbons (Fsp3) is 0.292. The molecule has 196 valence electrons. The van der Waals surface area contributed by atoms with Crippen molar-refractivity contribution < 1.29 is 32.2 Å². The Morgan fingerprint density at radius 1 is 1.19 bits per heavy atom. The molecule has 0 radical (unpaired) electrons. The molecule has 3 heterocycles. The Hall–Kier alpha value is -3.77. The van der Waals surface area contributed by atoms with Crippen molar-refractivity contribution in [2.45, 2.75) is 25.6 Å². The topological polar surface area (TPSA) is 115 Å². The second-order valence-electron chi connectivity index (χ2n) is 8.38. The summed E-state index contributed by atoms with van der Waals surface area (Å²) in [4.78, 5) is 31.0. The van der Waals surface area contributed by atoms with E-state index in [1.165, 1.54) is 24.4 Å². The molecule has 13 heteroatoms. The van der Waals surface area contributed by atoms with Crippen LogP contribution in [0.15, 0.2) is 47.4 Å². The molecule has 0 atom stereocenters. The predicted molar refractivity (Wildman–Crippen MR) is 130 cm³/mol. The van der Waals surface area contributed by atoms with Crippen molar-refractivity contribution in [1.82, 2.24) is 9.97 Å². The van der Waals surface area contributed by atoms with Crippen LogP contribution in [0.3, 0.4) is 0 Å². The first kappa shape index (κ1) is 26.3. The highest BCUT2D eigenvalue weighted by Gasteiger charge is 2.40. The number of nitrogens with one attached hydrogen (secondary N) is 3. The molecule has 0 unspecified atom stereocenters. The minimum Gasteiger partial charge on any atom is -0.488 e. The lowest BCUT2D eigenvalue weighted by atomic mass is 10.0. The molecule has 2 amide bonds. The van der Waals surface area contributed by atoms with Crippen LogP contribution in [0.1, 0.15) is 19.4 Å². The largest absolute Gasteiger partial charge is 0.488 e. The van der Waals surface area contributed by atoms with Crippen molar-refractivity contribution in [3.05, 3.63) is 63.7 Å². The lowest BCUT2D eigenvalue weighted by Gasteiger charge is -2.38. The molecule has 0 spiro atoms. The number of carbonyl (C=O) groups is 1. The number of urea groups is 1. The lowest BCUT2D eigenvalue weighted by molar-refractivity contribution is -0.160. The third-order valence-corrected chi connectivity index (χ3v) is 5.56. The first-order chi connectivity index (χ1) is 17.5. The monoisotopic (exact) mass is 538 g/mol. The van der Waals surface area contributed by atoms with Gasteiger partial charge in [-0.1, -0.05) is 11.6 Å². The fourth-order valence-corrected chi connectivity index (χ4v) is 3.68. The molecule has 1 fully saturated rings. The number of pyridine rings is 2. The number of anilines is 2. The van der Waals surface area contributed by atoms with E-state index >= 15 is 0 Å². The van der Waals surface area contributed by atoms with Crippen LogP contribution >= 0.6 is 11.6 Å². The van der Waals surface area contributed by atoms with Gasteiger partial charge in [0.25, 0.3) is 5.56 Å². The maximum absolute atomic E-state index is 13.6. The minimum absolute atomic E-state index is 0.0764. The fourth-order valence-electron chi connectivity index (χ4n) is 3.48. The summed E-state index contributed by atoms with van der Waals surface area (Å²) in [7, 11) is 0. The lowest BCUT2D eigenvalue weighted by Crippen LogP contribution is -2.51. The molecular formula is C24H22ClF3N4O5. The molecule has 0 aliphatic carbocycles. The number of hydrogen-bond acceptors (Lipinski definition) is 6. The summed E-state index contributed by atoms with van der Waals surface area (Å²) in [5, 5.41) is 4.72. The van der Waals surface area contributed by atoms with Crippen molar-refractivity contribution in [2.75, 3.05) is 30.5 Å². The van der Waals surface area contributed by atoms with Gasteiger partial charge in [0.1, 0.15) is 5.75 Å². The van der Waals surface area contributed by atoms with Crippen LogP contribution in [0, 0.1) is 0 Å². The van der Waals surface area contributed by atoms with Crippen molar-refractivity contribution in [3.63, 3.8) is 0 Å². The number of benzene rings is 1. The van der Waals surface area contributed by atoms with Gasteiger partial charge < -0.3 is 29.8 Å². The molecule has 0 bridgehead atoms. The van der Waals surface area contributed by atoms with E-state index < -0.39 is 28.9 Å². The van der Waals surface area contributed by atoms with Gasteiger partial charge in [0.2, 0.25) is 0 Å². The Morgan fingerprint density at radius 3 is 2.57 bits per heavy atom. The summed E-state index contributed by atoms with van der Waals surface area (Å²) >= 11 is 6.21. The summed E-state index contributed by atoms with van der Waals surface area (Å²) < 4.78 is 56.7. The van der Waals surface area contributed by atoms with Gasteiger partial charge in [-0.05, 0) is 50.2 Å². The Kier molecular flexibility index (Phi) is 7.32. The van der Waals surface area contributed by atoms with Gasteiger partial charge in [-0.3, -0.25) is 4.79 Å². The van der Waals surface area contributed by atoms with Crippen LogP contribution < -0.4 is 25.7 Å². The SMILES string of the molecule is CCOc1cc(-c2ccc(NC(=O)Nc3ccc(OC4(C)COC4)c(C(F)(F)F)c3)c(Cl)n2)c[nH]c1=O. The summed E-state index contributed by atoms with van der Waals surface area (Å²) in [6, 6.07) is 6.91. The average Bonchev–Trinajstić information content (AvgIpc) is 2.81. The first-order valence-electron chi connectivity index (χ1n) is 11.1. The van der Waals surface area contributed by atoms with E-state index in [-0.39, 0.29) is 41.2 Å². The zero-order valence-corrected chi connectivity index (χ0v) is 20.4. The second kappa shape index (κ2) is 10.3. The maximum atomic E-state index is 13.6. The van der Waals surface area contributed by atoms with E-state index in [0.717, 1.165) is 12.1 Å². The standard InChI is InChI=1S/C24H22ClF3N4O5/c1-3-36-19-8-13(10-29-21(19)33)16-5-6-17(20(25)31-16)32-22(34)30-14-4-7-18(15(9-14)24(26,27)28)37-23(2)11-35-12-23/h4-10H,3,11-12H2,1-2H3,(H,29,33)(H2,30,32,34). The number of aromatic nitrogens is 2. The molecule has 4 rings (SSSR count). The summed E-state index contributed by atoms with van der Waals surface area (Å²) in [5.74, 6) is -0.244. The molecule has 9 nitrogen and oxygen atoms in total. The van der Waals surface area contributed by atoms with Crippen LogP contribution in [0.4, 0.5) is 29.3 Å². The van der Waals surface area contributed by atoms with E-state index in [0.29, 0.717) is 17.9 Å². The predicted octanol–water partition coefficient (Wildman–Crippen LogP) is 5.32. The van der Waals surface area contributed by atoms with Crippen molar-refractivity contribution in [2.24, 2.45) is 0 Å². The Bertz CT molecular complexity index is 1380. The van der Waals surface area contributed by atoms with Crippen LogP contribution in [0.2, 0.25) is 5.15 Å². The van der Waals surface area contributed by atoms with Crippen LogP contribution in [-0.2, 0) is 10.9 Å². The van der Waals surface area contributed by atoms with E-state index in [9.17, 15) is 22.8 Å². The molecular weight excluding hydrogens is 517 g/mol. The molecule has 2 aromatic heterocycles. The molecule has 0 saturated carbocycles. The molecule has 1 aliphatic heterocycles. The quantitative estimate of drug-likeness (QED) is 0.351. The number of hydrogen-bond donors (Lipinski definition) is 3. The van der Waals surface area contributed by atoms with Gasteiger partial charge >= 0.3 is 12.2 Å². The number of ether oxygens (including phenoxy) is 3. The summed E-state index contributed by atoms with van der Waals surface area (Å²) in [6.45, 7) is 4.04. The van der Waals surface area contributed by atoms with Gasteiger partial charge in [-0.2, -0.15) is 13.2 Å². The van der Waals surface area contributed by atoms with Crippen LogP contribution in [0.25, 0.3) is 11.3 Å². The number of halogens is 4. The Morgan fingerprint density at radius 2 is 1.95 bits per heavy atom. The van der Waals surface area contributed by atoms with Crippen molar-refractivity contribution >= 4 is 29.0 Å². The van der Waals surface area contributed by atoms with Gasteiger partial charge in [-0.25, -0.2) is 9.78 Å². The number of amides is 2. The molecule has 1 saturated heterocycles. The zero-order chi connectivity index (χ0) is 26.8. The van der Waals surface area contributed by atoms with E-state index in [1.807, 2.05) is 0 Å². The molecule has 1 aliphatic rings. The number of nitrogens with zero attached hydrogens (tertiary/aromatic N) is 1. The van der Waals surface area contributed by atoms with Crippen LogP contribution in [-0.4, -0.2) is 41.4 Å². The Balaban J connectivity index is 1.48. The second-order valence-corrected chi connectivity index (χ2v) is 8.74. The van der Waals surface area contributed by atoms with E-state index in [4.69, 9.17) is 25.8 Å². The molecule has 37 heavy (non-hydrogen) atoms. The summed E-state index contributed by atoms with van der Waals surface area (Å²) in [6.07, 6.45) is -3.27. The Labute approximate surface area is 213 Å². The van der Waals surface area contributed by atoms with E-state index in [1.54, 1.807) is 19.9 Å². The highest BCUT2D eigenvalue weighted by atomic mass is 35.5. The third kappa shape index (κ3) is 6.15. The first-order valence-corrected chi connectivity index (χ1v) is 11.4. The maximum Gasteiger partial charge on any atom is 0.420 e.